The van der Waals surface area contributed by atoms with Crippen LogP contribution in [0.2, 0.25) is 0 Å². The molecule has 0 radical (unpaired) electrons. The molecule has 184 valence electrons. The molecular weight excluding hydrogens is 490 g/mol. The van der Waals surface area contributed by atoms with Crippen molar-refractivity contribution in [3.63, 3.8) is 0 Å². The number of hydrogen-bond acceptors (Lipinski definition) is 5. The Balaban J connectivity index is 1.77. The normalized spacial score (nSPS) is 12.5. The van der Waals surface area contributed by atoms with Crippen LogP contribution in [0, 0.1) is 0 Å². The maximum atomic E-state index is 13.3. The predicted octanol–water partition coefficient (Wildman–Crippen LogP) is 4.95. The van der Waals surface area contributed by atoms with Crippen LogP contribution >= 0.6 is 0 Å². The third-order valence-corrected chi connectivity index (χ3v) is 5.74. The number of rotatable bonds is 2. The van der Waals surface area contributed by atoms with E-state index in [2.05, 4.69) is 15.0 Å². The molecule has 4 heterocycles. The molecule has 5 aromatic rings. The van der Waals surface area contributed by atoms with Gasteiger partial charge >= 0.3 is 18.0 Å². The Bertz CT molecular complexity index is 1700. The highest BCUT2D eigenvalue weighted by Crippen LogP contribution is 2.36. The molecule has 0 fully saturated rings. The lowest BCUT2D eigenvalue weighted by atomic mass is 10.0. The Morgan fingerprint density at radius 1 is 0.833 bits per heavy atom. The molecule has 5 rings (SSSR count). The van der Waals surface area contributed by atoms with E-state index < -0.39 is 35.1 Å². The van der Waals surface area contributed by atoms with Gasteiger partial charge in [-0.15, -0.1) is 0 Å². The summed E-state index contributed by atoms with van der Waals surface area (Å²) in [5.41, 5.74) is 4.22. The fourth-order valence-corrected chi connectivity index (χ4v) is 3.96. The Labute approximate surface area is 197 Å². The molecule has 0 atom stereocenters. The summed E-state index contributed by atoms with van der Waals surface area (Å²) in [7, 11) is 1.47. The number of aryl methyl sites for hydroxylation is 1. The van der Waals surface area contributed by atoms with Crippen LogP contribution < -0.4 is 11.4 Å². The molecule has 1 aromatic carbocycles. The topological polar surface area (TPSA) is 91.6 Å². The van der Waals surface area contributed by atoms with E-state index in [4.69, 9.17) is 5.73 Å². The SMILES string of the molecule is Cn1c(=O)n(-c2ccc(C(F)(F)F)nc2)c2c3cc(-c4cnc(N)c(C(F)(F)F)c4)ccc3ncc21. The number of nitrogens with two attached hydrogens (primary N) is 1. The van der Waals surface area contributed by atoms with Gasteiger partial charge in [0.2, 0.25) is 0 Å². The lowest BCUT2D eigenvalue weighted by molar-refractivity contribution is -0.141. The molecule has 0 bridgehead atoms. The summed E-state index contributed by atoms with van der Waals surface area (Å²) >= 11 is 0. The number of imidazole rings is 1. The van der Waals surface area contributed by atoms with Crippen molar-refractivity contribution in [3.05, 3.63) is 76.7 Å². The Morgan fingerprint density at radius 3 is 2.22 bits per heavy atom. The van der Waals surface area contributed by atoms with Gasteiger partial charge in [-0.1, -0.05) is 6.07 Å². The van der Waals surface area contributed by atoms with Crippen molar-refractivity contribution in [2.24, 2.45) is 7.05 Å². The first kappa shape index (κ1) is 23.3. The molecule has 4 aromatic heterocycles. The van der Waals surface area contributed by atoms with E-state index in [0.717, 1.165) is 24.4 Å². The number of nitrogens with zero attached hydrogens (tertiary/aromatic N) is 5. The van der Waals surface area contributed by atoms with E-state index >= 15 is 0 Å². The third-order valence-electron chi connectivity index (χ3n) is 5.74. The first-order valence-electron chi connectivity index (χ1n) is 10.2. The first-order valence-corrected chi connectivity index (χ1v) is 10.2. The van der Waals surface area contributed by atoms with Crippen molar-refractivity contribution in [1.29, 1.82) is 0 Å². The molecule has 0 aliphatic heterocycles. The standard InChI is InChI=1S/C23H14F6N6O/c1-34-17-10-31-16-4-2-11(12-7-15(22(24,25)26)20(30)33-8-12)6-14(16)19(17)35(21(34)36)13-3-5-18(32-9-13)23(27,28)29/h2-10H,1H3,(H2,30,33). The molecule has 0 aliphatic rings. The van der Waals surface area contributed by atoms with E-state index in [0.29, 0.717) is 27.5 Å². The van der Waals surface area contributed by atoms with Gasteiger partial charge in [0.15, 0.2) is 0 Å². The van der Waals surface area contributed by atoms with E-state index in [9.17, 15) is 31.1 Å². The number of alkyl halides is 6. The number of benzene rings is 1. The number of fused-ring (bicyclic) bond motifs is 3. The molecule has 2 N–H and O–H groups in total. The molecule has 0 spiro atoms. The fraction of sp³-hybridized carbons (Fsp3) is 0.130. The number of pyridine rings is 3. The maximum Gasteiger partial charge on any atom is 0.433 e. The summed E-state index contributed by atoms with van der Waals surface area (Å²) in [5.74, 6) is -0.664. The van der Waals surface area contributed by atoms with Crippen molar-refractivity contribution in [2.45, 2.75) is 12.4 Å². The molecule has 7 nitrogen and oxygen atoms in total. The van der Waals surface area contributed by atoms with Crippen molar-refractivity contribution >= 4 is 27.8 Å². The summed E-state index contributed by atoms with van der Waals surface area (Å²) < 4.78 is 81.4. The molecule has 0 saturated heterocycles. The van der Waals surface area contributed by atoms with Gasteiger partial charge in [0, 0.05) is 24.2 Å². The van der Waals surface area contributed by atoms with Crippen LogP contribution in [-0.4, -0.2) is 24.1 Å². The largest absolute Gasteiger partial charge is 0.433 e. The van der Waals surface area contributed by atoms with Crippen LogP contribution in [-0.2, 0) is 19.4 Å². The molecule has 0 amide bonds. The number of halogens is 6. The van der Waals surface area contributed by atoms with Gasteiger partial charge < -0.3 is 5.73 Å². The van der Waals surface area contributed by atoms with Crippen LogP contribution in [0.5, 0.6) is 0 Å². The molecule has 0 aliphatic carbocycles. The van der Waals surface area contributed by atoms with Gasteiger partial charge in [0.05, 0.1) is 40.2 Å². The number of hydrogen-bond donors (Lipinski definition) is 1. The number of aromatic nitrogens is 5. The summed E-state index contributed by atoms with van der Waals surface area (Å²) in [5, 5.41) is 0.382. The summed E-state index contributed by atoms with van der Waals surface area (Å²) in [6.07, 6.45) is -5.82. The second kappa shape index (κ2) is 7.80. The second-order valence-corrected chi connectivity index (χ2v) is 7.95. The minimum absolute atomic E-state index is 0.0741. The monoisotopic (exact) mass is 504 g/mol. The van der Waals surface area contributed by atoms with Gasteiger partial charge in [-0.2, -0.15) is 26.3 Å². The number of anilines is 1. The molecule has 0 saturated carbocycles. The third kappa shape index (κ3) is 3.72. The molecule has 0 unspecified atom stereocenters. The van der Waals surface area contributed by atoms with Crippen molar-refractivity contribution in [3.8, 4) is 16.8 Å². The average Bonchev–Trinajstić information content (AvgIpc) is 3.08. The maximum absolute atomic E-state index is 13.3. The Kier molecular flexibility index (Phi) is 5.05. The molecule has 36 heavy (non-hydrogen) atoms. The van der Waals surface area contributed by atoms with E-state index in [1.165, 1.54) is 34.6 Å². The average molecular weight is 504 g/mol. The Hall–Kier alpha value is -4.42. The molecule has 13 heteroatoms. The highest BCUT2D eigenvalue weighted by molar-refractivity contribution is 6.04. The predicted molar refractivity (Wildman–Crippen MR) is 119 cm³/mol. The van der Waals surface area contributed by atoms with Crippen LogP contribution in [0.25, 0.3) is 38.8 Å². The van der Waals surface area contributed by atoms with E-state index in [1.807, 2.05) is 0 Å². The van der Waals surface area contributed by atoms with Crippen LogP contribution in [0.4, 0.5) is 32.2 Å². The number of nitrogen functional groups attached to an aromatic ring is 1. The van der Waals surface area contributed by atoms with E-state index in [-0.39, 0.29) is 11.3 Å². The van der Waals surface area contributed by atoms with Gasteiger partial charge in [0.25, 0.3) is 0 Å². The van der Waals surface area contributed by atoms with Gasteiger partial charge in [-0.25, -0.2) is 14.8 Å². The minimum Gasteiger partial charge on any atom is -0.383 e. The second-order valence-electron chi connectivity index (χ2n) is 7.95. The summed E-state index contributed by atoms with van der Waals surface area (Å²) in [6.45, 7) is 0. The first-order chi connectivity index (χ1) is 16.9. The lowest BCUT2D eigenvalue weighted by Crippen LogP contribution is -2.21. The van der Waals surface area contributed by atoms with Crippen LogP contribution in [0.3, 0.4) is 0 Å². The zero-order chi connectivity index (χ0) is 26.0. The Morgan fingerprint density at radius 2 is 1.58 bits per heavy atom. The summed E-state index contributed by atoms with van der Waals surface area (Å²) in [4.78, 5) is 24.5. The highest BCUT2D eigenvalue weighted by atomic mass is 19.4. The van der Waals surface area contributed by atoms with Gasteiger partial charge in [-0.05, 0) is 35.9 Å². The van der Waals surface area contributed by atoms with Crippen LogP contribution in [0.15, 0.2) is 59.8 Å². The zero-order valence-electron chi connectivity index (χ0n) is 18.2. The summed E-state index contributed by atoms with van der Waals surface area (Å²) in [6, 6.07) is 7.38. The lowest BCUT2D eigenvalue weighted by Gasteiger charge is -2.12. The van der Waals surface area contributed by atoms with Crippen molar-refractivity contribution < 1.29 is 26.3 Å². The zero-order valence-corrected chi connectivity index (χ0v) is 18.2. The molecular formula is C23H14F6N6O. The van der Waals surface area contributed by atoms with Gasteiger partial charge in [-0.3, -0.25) is 14.1 Å². The van der Waals surface area contributed by atoms with Gasteiger partial charge in [0.1, 0.15) is 11.5 Å². The van der Waals surface area contributed by atoms with Crippen LogP contribution in [0.1, 0.15) is 11.3 Å². The quantitative estimate of drug-likeness (QED) is 0.344. The minimum atomic E-state index is -4.71. The van der Waals surface area contributed by atoms with E-state index in [1.54, 1.807) is 12.1 Å². The van der Waals surface area contributed by atoms with Crippen molar-refractivity contribution in [1.82, 2.24) is 24.1 Å². The highest BCUT2D eigenvalue weighted by Gasteiger charge is 2.34. The fourth-order valence-electron chi connectivity index (χ4n) is 3.96. The van der Waals surface area contributed by atoms with Crippen molar-refractivity contribution in [2.75, 3.05) is 5.73 Å². The smallest absolute Gasteiger partial charge is 0.383 e.